The molecule has 1 aliphatic heterocycles. The van der Waals surface area contributed by atoms with Gasteiger partial charge in [0.05, 0.1) is 12.7 Å². The van der Waals surface area contributed by atoms with Gasteiger partial charge in [0.1, 0.15) is 5.75 Å². The van der Waals surface area contributed by atoms with Crippen molar-refractivity contribution >= 4 is 17.6 Å². The highest BCUT2D eigenvalue weighted by Gasteiger charge is 2.31. The maximum Gasteiger partial charge on any atom is 0.338 e. The van der Waals surface area contributed by atoms with Crippen LogP contribution >= 0.6 is 0 Å². The lowest BCUT2D eigenvalue weighted by molar-refractivity contribution is -0.122. The second-order valence-electron chi connectivity index (χ2n) is 5.75. The van der Waals surface area contributed by atoms with Crippen LogP contribution in [-0.4, -0.2) is 31.6 Å². The summed E-state index contributed by atoms with van der Waals surface area (Å²) in [5.74, 6) is -0.191. The van der Waals surface area contributed by atoms with E-state index in [0.29, 0.717) is 11.3 Å². The first-order valence-corrected chi connectivity index (χ1v) is 7.81. The normalized spacial score (nSPS) is 15.8. The van der Waals surface area contributed by atoms with E-state index < -0.39 is 5.97 Å². The van der Waals surface area contributed by atoms with Crippen LogP contribution in [0, 0.1) is 0 Å². The minimum atomic E-state index is -0.539. The van der Waals surface area contributed by atoms with Gasteiger partial charge >= 0.3 is 5.97 Å². The van der Waals surface area contributed by atoms with Gasteiger partial charge < -0.3 is 14.4 Å². The van der Waals surface area contributed by atoms with Crippen molar-refractivity contribution in [3.05, 3.63) is 59.7 Å². The van der Waals surface area contributed by atoms with Gasteiger partial charge in [0, 0.05) is 11.7 Å². The van der Waals surface area contributed by atoms with Crippen LogP contribution in [0.15, 0.2) is 48.5 Å². The Labute approximate surface area is 140 Å². The first kappa shape index (κ1) is 16.1. The smallest absolute Gasteiger partial charge is 0.338 e. The van der Waals surface area contributed by atoms with Crippen LogP contribution in [-0.2, 0) is 16.0 Å². The second-order valence-corrected chi connectivity index (χ2v) is 5.75. The number of methoxy groups -OCH3 is 1. The van der Waals surface area contributed by atoms with E-state index >= 15 is 0 Å². The predicted octanol–water partition coefficient (Wildman–Crippen LogP) is 2.83. The maximum absolute atomic E-state index is 12.5. The summed E-state index contributed by atoms with van der Waals surface area (Å²) in [6, 6.07) is 14.5. The minimum absolute atomic E-state index is 0.0606. The first-order chi connectivity index (χ1) is 11.6. The number of benzene rings is 2. The van der Waals surface area contributed by atoms with Crippen molar-refractivity contribution in [2.24, 2.45) is 0 Å². The summed E-state index contributed by atoms with van der Waals surface area (Å²) in [5, 5.41) is 0. The Hall–Kier alpha value is -2.82. The van der Waals surface area contributed by atoms with E-state index in [2.05, 4.69) is 0 Å². The monoisotopic (exact) mass is 325 g/mol. The predicted molar refractivity (Wildman–Crippen MR) is 90.4 cm³/mol. The van der Waals surface area contributed by atoms with Crippen molar-refractivity contribution in [3.63, 3.8) is 0 Å². The minimum Gasteiger partial charge on any atom is -0.497 e. The second kappa shape index (κ2) is 6.74. The number of carbonyl (C=O) groups is 2. The summed E-state index contributed by atoms with van der Waals surface area (Å²) < 4.78 is 10.3. The Morgan fingerprint density at radius 3 is 2.75 bits per heavy atom. The van der Waals surface area contributed by atoms with E-state index in [4.69, 9.17) is 9.47 Å². The summed E-state index contributed by atoms with van der Waals surface area (Å²) in [6.07, 6.45) is 0.811. The lowest BCUT2D eigenvalue weighted by Gasteiger charge is -2.22. The SMILES string of the molecule is COc1cccc(C(=O)OCC(=O)N2c3ccccc3CC2C)c1. The van der Waals surface area contributed by atoms with Gasteiger partial charge in [-0.3, -0.25) is 4.79 Å². The number of hydrogen-bond acceptors (Lipinski definition) is 4. The van der Waals surface area contributed by atoms with Crippen molar-refractivity contribution in [1.29, 1.82) is 0 Å². The zero-order valence-electron chi connectivity index (χ0n) is 13.7. The highest BCUT2D eigenvalue weighted by Crippen LogP contribution is 2.31. The third-order valence-electron chi connectivity index (χ3n) is 4.11. The molecule has 5 nitrogen and oxygen atoms in total. The molecule has 5 heteroatoms. The van der Waals surface area contributed by atoms with Crippen LogP contribution in [0.1, 0.15) is 22.8 Å². The van der Waals surface area contributed by atoms with Crippen LogP contribution < -0.4 is 9.64 Å². The van der Waals surface area contributed by atoms with Crippen molar-refractivity contribution in [3.8, 4) is 5.75 Å². The standard InChI is InChI=1S/C19H19NO4/c1-13-10-14-6-3-4-9-17(14)20(13)18(21)12-24-19(22)15-7-5-8-16(11-15)23-2/h3-9,11,13H,10,12H2,1-2H3. The first-order valence-electron chi connectivity index (χ1n) is 7.81. The topological polar surface area (TPSA) is 55.8 Å². The van der Waals surface area contributed by atoms with E-state index in [9.17, 15) is 9.59 Å². The average Bonchev–Trinajstić information content (AvgIpc) is 2.95. The van der Waals surface area contributed by atoms with Crippen LogP contribution in [0.3, 0.4) is 0 Å². The molecule has 2 aromatic carbocycles. The number of fused-ring (bicyclic) bond motifs is 1. The number of carbonyl (C=O) groups excluding carboxylic acids is 2. The molecule has 1 heterocycles. The molecule has 1 atom stereocenters. The molecule has 0 saturated carbocycles. The van der Waals surface area contributed by atoms with E-state index in [1.807, 2.05) is 31.2 Å². The van der Waals surface area contributed by atoms with Gasteiger partial charge in [-0.25, -0.2) is 4.79 Å². The number of ether oxygens (including phenoxy) is 2. The third kappa shape index (κ3) is 3.11. The molecule has 0 bridgehead atoms. The third-order valence-corrected chi connectivity index (χ3v) is 4.11. The van der Waals surface area contributed by atoms with E-state index in [0.717, 1.165) is 17.7 Å². The van der Waals surface area contributed by atoms with Crippen LogP contribution in [0.25, 0.3) is 0 Å². The van der Waals surface area contributed by atoms with Gasteiger partial charge in [-0.1, -0.05) is 24.3 Å². The highest BCUT2D eigenvalue weighted by atomic mass is 16.5. The molecule has 124 valence electrons. The number of para-hydroxylation sites is 1. The number of anilines is 1. The van der Waals surface area contributed by atoms with Crippen LogP contribution in [0.5, 0.6) is 5.75 Å². The van der Waals surface area contributed by atoms with Crippen molar-refractivity contribution in [1.82, 2.24) is 0 Å². The Morgan fingerprint density at radius 1 is 1.17 bits per heavy atom. The van der Waals surface area contributed by atoms with Crippen LogP contribution in [0.4, 0.5) is 5.69 Å². The number of esters is 1. The molecule has 1 aliphatic rings. The molecule has 2 aromatic rings. The zero-order valence-corrected chi connectivity index (χ0v) is 13.7. The number of nitrogens with zero attached hydrogens (tertiary/aromatic N) is 1. The summed E-state index contributed by atoms with van der Waals surface area (Å²) >= 11 is 0. The molecule has 0 aromatic heterocycles. The fourth-order valence-corrected chi connectivity index (χ4v) is 2.98. The number of rotatable bonds is 4. The Kier molecular flexibility index (Phi) is 4.51. The number of hydrogen-bond donors (Lipinski definition) is 0. The van der Waals surface area contributed by atoms with E-state index in [1.54, 1.807) is 29.2 Å². The van der Waals surface area contributed by atoms with Gasteiger partial charge in [0.25, 0.3) is 5.91 Å². The Morgan fingerprint density at radius 2 is 1.96 bits per heavy atom. The van der Waals surface area contributed by atoms with Crippen molar-refractivity contribution < 1.29 is 19.1 Å². The molecular weight excluding hydrogens is 306 g/mol. The van der Waals surface area contributed by atoms with Gasteiger partial charge in [-0.15, -0.1) is 0 Å². The molecule has 1 amide bonds. The van der Waals surface area contributed by atoms with Gasteiger partial charge in [-0.05, 0) is 43.2 Å². The molecular formula is C19H19NO4. The maximum atomic E-state index is 12.5. The van der Waals surface area contributed by atoms with Gasteiger partial charge in [0.15, 0.2) is 6.61 Å². The fraction of sp³-hybridized carbons (Fsp3) is 0.263. The molecule has 0 fully saturated rings. The molecule has 0 spiro atoms. The number of amides is 1. The zero-order chi connectivity index (χ0) is 17.1. The fourth-order valence-electron chi connectivity index (χ4n) is 2.98. The van der Waals surface area contributed by atoms with Crippen LogP contribution in [0.2, 0.25) is 0 Å². The molecule has 1 unspecified atom stereocenters. The largest absolute Gasteiger partial charge is 0.497 e. The molecule has 0 radical (unpaired) electrons. The summed E-state index contributed by atoms with van der Waals surface area (Å²) in [4.78, 5) is 26.3. The highest BCUT2D eigenvalue weighted by molar-refractivity contribution is 5.99. The summed E-state index contributed by atoms with van der Waals surface area (Å²) in [5.41, 5.74) is 2.39. The van der Waals surface area contributed by atoms with Gasteiger partial charge in [-0.2, -0.15) is 0 Å². The molecule has 24 heavy (non-hydrogen) atoms. The summed E-state index contributed by atoms with van der Waals surface area (Å²) in [7, 11) is 1.53. The lowest BCUT2D eigenvalue weighted by Crippen LogP contribution is -2.38. The lowest BCUT2D eigenvalue weighted by atomic mass is 10.1. The molecule has 0 aliphatic carbocycles. The molecule has 0 saturated heterocycles. The molecule has 3 rings (SSSR count). The van der Waals surface area contributed by atoms with E-state index in [-0.39, 0.29) is 18.6 Å². The van der Waals surface area contributed by atoms with Crippen molar-refractivity contribution in [2.75, 3.05) is 18.6 Å². The van der Waals surface area contributed by atoms with Gasteiger partial charge in [0.2, 0.25) is 0 Å². The van der Waals surface area contributed by atoms with E-state index in [1.165, 1.54) is 7.11 Å². The Bertz CT molecular complexity index is 771. The molecule has 0 N–H and O–H groups in total. The average molecular weight is 325 g/mol. The quantitative estimate of drug-likeness (QED) is 0.811. The van der Waals surface area contributed by atoms with Crippen molar-refractivity contribution in [2.45, 2.75) is 19.4 Å². The summed E-state index contributed by atoms with van der Waals surface area (Å²) in [6.45, 7) is 1.70. The Balaban J connectivity index is 1.66.